The SMILES string of the molecule is CCOC/C(=C/[Se]c1ccccc1)c1ccc(OC)cc1. The van der Waals surface area contributed by atoms with Gasteiger partial charge in [-0.15, -0.1) is 0 Å². The molecule has 0 unspecified atom stereocenters. The molecule has 0 fully saturated rings. The second kappa shape index (κ2) is 8.68. The Bertz CT molecular complexity index is 562. The molecular weight excluding hydrogens is 327 g/mol. The van der Waals surface area contributed by atoms with Gasteiger partial charge >= 0.3 is 133 Å². The number of hydrogen-bond donors (Lipinski definition) is 0. The first-order valence-electron chi connectivity index (χ1n) is 6.96. The summed E-state index contributed by atoms with van der Waals surface area (Å²) in [5, 5.41) is 0. The number of rotatable bonds is 7. The van der Waals surface area contributed by atoms with Crippen molar-refractivity contribution in [1.82, 2.24) is 0 Å². The van der Waals surface area contributed by atoms with Gasteiger partial charge in [-0.1, -0.05) is 0 Å². The van der Waals surface area contributed by atoms with Crippen LogP contribution in [0.4, 0.5) is 0 Å². The molecule has 0 heterocycles. The van der Waals surface area contributed by atoms with Crippen molar-refractivity contribution >= 4 is 25.0 Å². The van der Waals surface area contributed by atoms with E-state index >= 15 is 0 Å². The molecule has 2 nitrogen and oxygen atoms in total. The summed E-state index contributed by atoms with van der Waals surface area (Å²) in [6.45, 7) is 3.40. The molecule has 0 aromatic heterocycles. The molecule has 21 heavy (non-hydrogen) atoms. The first kappa shape index (κ1) is 15.8. The average molecular weight is 347 g/mol. The van der Waals surface area contributed by atoms with Gasteiger partial charge < -0.3 is 0 Å². The summed E-state index contributed by atoms with van der Waals surface area (Å²) in [6.07, 6.45) is 0. The van der Waals surface area contributed by atoms with Crippen LogP contribution in [0.5, 0.6) is 5.75 Å². The molecule has 110 valence electrons. The zero-order valence-corrected chi connectivity index (χ0v) is 14.1. The Labute approximate surface area is 132 Å². The predicted molar refractivity (Wildman–Crippen MR) is 89.3 cm³/mol. The van der Waals surface area contributed by atoms with E-state index in [0.29, 0.717) is 21.6 Å². The molecule has 2 aromatic carbocycles. The maximum absolute atomic E-state index is 5.61. The summed E-state index contributed by atoms with van der Waals surface area (Å²) in [6, 6.07) is 18.7. The Balaban J connectivity index is 2.16. The zero-order valence-electron chi connectivity index (χ0n) is 12.4. The summed E-state index contributed by atoms with van der Waals surface area (Å²) in [7, 11) is 1.68. The van der Waals surface area contributed by atoms with Crippen LogP contribution in [0.2, 0.25) is 0 Å². The molecule has 2 aromatic rings. The zero-order chi connectivity index (χ0) is 14.9. The topological polar surface area (TPSA) is 18.5 Å². The van der Waals surface area contributed by atoms with E-state index < -0.39 is 0 Å². The van der Waals surface area contributed by atoms with Gasteiger partial charge in [0.25, 0.3) is 0 Å². The van der Waals surface area contributed by atoms with Gasteiger partial charge in [-0.25, -0.2) is 0 Å². The van der Waals surface area contributed by atoms with Crippen LogP contribution >= 0.6 is 0 Å². The van der Waals surface area contributed by atoms with Gasteiger partial charge in [-0.2, -0.15) is 0 Å². The van der Waals surface area contributed by atoms with Gasteiger partial charge in [-0.3, -0.25) is 0 Å². The summed E-state index contributed by atoms with van der Waals surface area (Å²) in [5.74, 6) is 0.878. The normalized spacial score (nSPS) is 11.4. The Hall–Kier alpha value is -1.54. The van der Waals surface area contributed by atoms with Crippen LogP contribution in [0.25, 0.3) is 5.57 Å². The monoisotopic (exact) mass is 348 g/mol. The van der Waals surface area contributed by atoms with Gasteiger partial charge in [0.1, 0.15) is 0 Å². The van der Waals surface area contributed by atoms with Crippen molar-refractivity contribution in [2.75, 3.05) is 20.3 Å². The molecule has 0 bridgehead atoms. The van der Waals surface area contributed by atoms with Gasteiger partial charge in [0.2, 0.25) is 0 Å². The fraction of sp³-hybridized carbons (Fsp3) is 0.222. The quantitative estimate of drug-likeness (QED) is 0.717. The molecular formula is C18H20O2Se. The van der Waals surface area contributed by atoms with Crippen LogP contribution in [-0.2, 0) is 4.74 Å². The van der Waals surface area contributed by atoms with E-state index in [2.05, 4.69) is 41.4 Å². The molecule has 0 saturated heterocycles. The van der Waals surface area contributed by atoms with Crippen LogP contribution in [0.3, 0.4) is 0 Å². The van der Waals surface area contributed by atoms with Crippen molar-refractivity contribution in [2.45, 2.75) is 6.92 Å². The van der Waals surface area contributed by atoms with Crippen LogP contribution in [0.1, 0.15) is 12.5 Å². The Kier molecular flexibility index (Phi) is 6.55. The van der Waals surface area contributed by atoms with Crippen molar-refractivity contribution in [3.05, 3.63) is 65.1 Å². The number of benzene rings is 2. The molecule has 0 radical (unpaired) electrons. The van der Waals surface area contributed by atoms with E-state index in [1.807, 2.05) is 25.1 Å². The van der Waals surface area contributed by atoms with Crippen LogP contribution in [-0.4, -0.2) is 35.3 Å². The molecule has 0 spiro atoms. The molecule has 3 heteroatoms. The predicted octanol–water partition coefficient (Wildman–Crippen LogP) is 3.10. The maximum atomic E-state index is 5.61. The molecule has 0 aliphatic carbocycles. The van der Waals surface area contributed by atoms with Crippen LogP contribution in [0, 0.1) is 0 Å². The van der Waals surface area contributed by atoms with Crippen molar-refractivity contribution in [3.63, 3.8) is 0 Å². The molecule has 0 aliphatic heterocycles. The minimum absolute atomic E-state index is 0.313. The van der Waals surface area contributed by atoms with E-state index in [9.17, 15) is 0 Å². The molecule has 0 amide bonds. The first-order chi connectivity index (χ1) is 10.3. The average Bonchev–Trinajstić information content (AvgIpc) is 2.56. The van der Waals surface area contributed by atoms with Crippen LogP contribution < -0.4 is 9.20 Å². The van der Waals surface area contributed by atoms with Crippen molar-refractivity contribution in [3.8, 4) is 5.75 Å². The van der Waals surface area contributed by atoms with Gasteiger partial charge in [0, 0.05) is 0 Å². The summed E-state index contributed by atoms with van der Waals surface area (Å²) in [5.41, 5.74) is 2.44. The summed E-state index contributed by atoms with van der Waals surface area (Å²) in [4.78, 5) is 2.31. The molecule has 0 aliphatic rings. The Morgan fingerprint density at radius 2 is 1.76 bits per heavy atom. The van der Waals surface area contributed by atoms with Crippen LogP contribution in [0.15, 0.2) is 59.6 Å². The fourth-order valence-corrected chi connectivity index (χ4v) is 3.51. The van der Waals surface area contributed by atoms with E-state index in [-0.39, 0.29) is 0 Å². The van der Waals surface area contributed by atoms with E-state index in [1.165, 1.54) is 15.6 Å². The molecule has 2 rings (SSSR count). The van der Waals surface area contributed by atoms with E-state index in [0.717, 1.165) is 12.4 Å². The number of hydrogen-bond acceptors (Lipinski definition) is 2. The standard InChI is InChI=1S/C18H20O2Se/c1-3-20-13-16(14-21-18-7-5-4-6-8-18)15-9-11-17(19-2)12-10-15/h4-12,14H,3,13H2,1-2H3/b16-14-. The second-order valence-corrected chi connectivity index (χ2v) is 6.42. The van der Waals surface area contributed by atoms with Gasteiger partial charge in [0.15, 0.2) is 0 Å². The minimum atomic E-state index is 0.313. The van der Waals surface area contributed by atoms with E-state index in [1.54, 1.807) is 7.11 Å². The molecule has 0 N–H and O–H groups in total. The van der Waals surface area contributed by atoms with Crippen molar-refractivity contribution in [2.24, 2.45) is 0 Å². The fourth-order valence-electron chi connectivity index (χ4n) is 1.84. The van der Waals surface area contributed by atoms with Crippen molar-refractivity contribution < 1.29 is 9.47 Å². The third kappa shape index (κ3) is 5.05. The number of methoxy groups -OCH3 is 1. The summed E-state index contributed by atoms with van der Waals surface area (Å²) < 4.78 is 12.2. The third-order valence-corrected chi connectivity index (χ3v) is 4.99. The molecule has 0 atom stereocenters. The van der Waals surface area contributed by atoms with Gasteiger partial charge in [-0.05, 0) is 0 Å². The van der Waals surface area contributed by atoms with Crippen molar-refractivity contribution in [1.29, 1.82) is 0 Å². The van der Waals surface area contributed by atoms with E-state index in [4.69, 9.17) is 9.47 Å². The Morgan fingerprint density at radius 1 is 1.05 bits per heavy atom. The second-order valence-electron chi connectivity index (χ2n) is 4.44. The third-order valence-electron chi connectivity index (χ3n) is 3.00. The molecule has 0 saturated carbocycles. The Morgan fingerprint density at radius 3 is 2.38 bits per heavy atom. The number of ether oxygens (including phenoxy) is 2. The first-order valence-corrected chi connectivity index (χ1v) is 8.81. The summed E-state index contributed by atoms with van der Waals surface area (Å²) >= 11 is 0.313. The van der Waals surface area contributed by atoms with Gasteiger partial charge in [0.05, 0.1) is 0 Å².